The summed E-state index contributed by atoms with van der Waals surface area (Å²) in [6.45, 7) is 3.32. The van der Waals surface area contributed by atoms with Gasteiger partial charge in [-0.25, -0.2) is 4.79 Å². The molecule has 0 spiro atoms. The molecule has 3 rings (SSSR count). The minimum Gasteiger partial charge on any atom is -0.480 e. The lowest BCUT2D eigenvalue weighted by Gasteiger charge is -2.42. The molecule has 26 heavy (non-hydrogen) atoms. The maximum Gasteiger partial charge on any atom is 0.317 e. The molecule has 1 fully saturated rings. The van der Waals surface area contributed by atoms with Crippen molar-refractivity contribution in [2.24, 2.45) is 0 Å². The fourth-order valence-electron chi connectivity index (χ4n) is 3.44. The number of carboxylic acids is 1. The molecule has 7 heteroatoms. The van der Waals surface area contributed by atoms with Crippen LogP contribution in [0.2, 0.25) is 0 Å². The smallest absolute Gasteiger partial charge is 0.317 e. The average molecular weight is 375 g/mol. The Labute approximate surface area is 157 Å². The number of carbonyl (C=O) groups excluding carboxylic acids is 1. The van der Waals surface area contributed by atoms with Gasteiger partial charge in [-0.05, 0) is 41.8 Å². The van der Waals surface area contributed by atoms with Crippen molar-refractivity contribution in [1.29, 1.82) is 0 Å². The van der Waals surface area contributed by atoms with Crippen LogP contribution in [0.5, 0.6) is 0 Å². The van der Waals surface area contributed by atoms with Gasteiger partial charge in [-0.1, -0.05) is 25.1 Å². The summed E-state index contributed by atoms with van der Waals surface area (Å²) in [6.07, 6.45) is 1.62. The molecule has 0 unspecified atom stereocenters. The number of nitrogens with one attached hydrogen (secondary N) is 1. The molecular weight excluding hydrogens is 350 g/mol. The zero-order valence-corrected chi connectivity index (χ0v) is 16.0. The van der Waals surface area contributed by atoms with Crippen LogP contribution in [-0.4, -0.2) is 59.1 Å². The molecule has 0 aliphatic heterocycles. The van der Waals surface area contributed by atoms with Crippen LogP contribution in [0.25, 0.3) is 10.1 Å². The Bertz CT molecular complexity index is 785. The van der Waals surface area contributed by atoms with Crippen LogP contribution in [0.4, 0.5) is 4.79 Å². The number of fused-ring (bicyclic) bond motifs is 1. The maximum absolute atomic E-state index is 12.4. The number of amides is 2. The summed E-state index contributed by atoms with van der Waals surface area (Å²) in [5.41, 5.74) is 1.16. The van der Waals surface area contributed by atoms with Crippen LogP contribution in [0.15, 0.2) is 29.6 Å². The Morgan fingerprint density at radius 2 is 2.04 bits per heavy atom. The Morgan fingerprint density at radius 1 is 1.31 bits per heavy atom. The molecule has 1 aromatic carbocycles. The average Bonchev–Trinajstić information content (AvgIpc) is 2.98. The molecule has 1 heterocycles. The van der Waals surface area contributed by atoms with Gasteiger partial charge in [0.05, 0.1) is 6.54 Å². The van der Waals surface area contributed by atoms with Gasteiger partial charge in [0, 0.05) is 30.4 Å². The van der Waals surface area contributed by atoms with Crippen LogP contribution < -0.4 is 5.32 Å². The van der Waals surface area contributed by atoms with Gasteiger partial charge in [-0.2, -0.15) is 0 Å². The highest BCUT2D eigenvalue weighted by atomic mass is 32.1. The first-order valence-electron chi connectivity index (χ1n) is 8.90. The number of carboxylic acid groups (broad SMARTS) is 1. The van der Waals surface area contributed by atoms with E-state index in [1.54, 1.807) is 23.3 Å². The molecule has 0 saturated heterocycles. The zero-order chi connectivity index (χ0) is 18.7. The van der Waals surface area contributed by atoms with Crippen molar-refractivity contribution < 1.29 is 14.7 Å². The second kappa shape index (κ2) is 8.05. The molecule has 0 bridgehead atoms. The molecule has 1 aromatic heterocycles. The summed E-state index contributed by atoms with van der Waals surface area (Å²) in [5, 5.41) is 15.3. The van der Waals surface area contributed by atoms with Gasteiger partial charge >= 0.3 is 12.0 Å². The van der Waals surface area contributed by atoms with E-state index in [1.807, 2.05) is 24.0 Å². The molecular formula is C19H25N3O3S. The normalized spacial score (nSPS) is 19.3. The van der Waals surface area contributed by atoms with Gasteiger partial charge in [0.1, 0.15) is 0 Å². The van der Waals surface area contributed by atoms with E-state index in [0.29, 0.717) is 13.1 Å². The van der Waals surface area contributed by atoms with Crippen molar-refractivity contribution in [3.63, 3.8) is 0 Å². The number of thiophene rings is 1. The van der Waals surface area contributed by atoms with Crippen LogP contribution in [-0.2, 0) is 11.3 Å². The Hall–Kier alpha value is -2.12. The molecule has 2 aromatic rings. The van der Waals surface area contributed by atoms with E-state index in [9.17, 15) is 9.59 Å². The van der Waals surface area contributed by atoms with Crippen LogP contribution in [0.3, 0.4) is 0 Å². The van der Waals surface area contributed by atoms with Crippen molar-refractivity contribution in [3.05, 3.63) is 35.2 Å². The predicted molar refractivity (Wildman–Crippen MR) is 104 cm³/mol. The molecule has 1 saturated carbocycles. The van der Waals surface area contributed by atoms with E-state index >= 15 is 0 Å². The van der Waals surface area contributed by atoms with E-state index < -0.39 is 5.97 Å². The highest BCUT2D eigenvalue weighted by Crippen LogP contribution is 2.27. The van der Waals surface area contributed by atoms with Gasteiger partial charge in [-0.3, -0.25) is 9.69 Å². The summed E-state index contributed by atoms with van der Waals surface area (Å²) >= 11 is 1.70. The largest absolute Gasteiger partial charge is 0.480 e. The van der Waals surface area contributed by atoms with E-state index in [2.05, 4.69) is 22.8 Å². The van der Waals surface area contributed by atoms with Crippen molar-refractivity contribution in [2.45, 2.75) is 38.4 Å². The predicted octanol–water partition coefficient (Wildman–Crippen LogP) is 2.98. The lowest BCUT2D eigenvalue weighted by molar-refractivity contribution is -0.139. The van der Waals surface area contributed by atoms with Crippen molar-refractivity contribution in [2.75, 3.05) is 20.1 Å². The summed E-state index contributed by atoms with van der Waals surface area (Å²) in [4.78, 5) is 27.0. The summed E-state index contributed by atoms with van der Waals surface area (Å²) in [6, 6.07) is 8.51. The second-order valence-electron chi connectivity index (χ2n) is 6.84. The monoisotopic (exact) mass is 375 g/mol. The molecule has 0 atom stereocenters. The minimum atomic E-state index is -0.804. The third-order valence-electron chi connectivity index (χ3n) is 5.02. The lowest BCUT2D eigenvalue weighted by atomic mass is 9.85. The van der Waals surface area contributed by atoms with E-state index in [4.69, 9.17) is 5.11 Å². The number of likely N-dealkylation sites (N-methyl/N-ethyl adjacent to an activating group) is 1. The van der Waals surface area contributed by atoms with Crippen molar-refractivity contribution in [3.8, 4) is 0 Å². The summed E-state index contributed by atoms with van der Waals surface area (Å²) in [5.74, 6) is -0.804. The number of urea groups is 1. The van der Waals surface area contributed by atoms with E-state index in [-0.39, 0.29) is 24.7 Å². The number of carbonyl (C=O) groups is 2. The SMILES string of the molecule is CCN(CC(=O)O)C1CC(NC(=O)N(C)Cc2csc3ccccc23)C1. The standard InChI is InChI=1S/C19H25N3O3S/c1-3-22(11-18(23)24)15-8-14(9-15)20-19(25)21(2)10-13-12-26-17-7-5-4-6-16(13)17/h4-7,12,14-15H,3,8-11H2,1-2H3,(H,20,25)(H,23,24). The van der Waals surface area contributed by atoms with Crippen LogP contribution >= 0.6 is 11.3 Å². The fraction of sp³-hybridized carbons (Fsp3) is 0.474. The molecule has 0 radical (unpaired) electrons. The van der Waals surface area contributed by atoms with Crippen LogP contribution in [0, 0.1) is 0 Å². The van der Waals surface area contributed by atoms with Gasteiger partial charge in [-0.15, -0.1) is 11.3 Å². The van der Waals surface area contributed by atoms with Crippen molar-refractivity contribution in [1.82, 2.24) is 15.1 Å². The van der Waals surface area contributed by atoms with Gasteiger partial charge in [0.2, 0.25) is 0 Å². The Kier molecular flexibility index (Phi) is 5.78. The highest BCUT2D eigenvalue weighted by Gasteiger charge is 2.35. The number of rotatable bonds is 7. The summed E-state index contributed by atoms with van der Waals surface area (Å²) in [7, 11) is 1.81. The topological polar surface area (TPSA) is 72.9 Å². The molecule has 2 N–H and O–H groups in total. The molecule has 1 aliphatic rings. The quantitative estimate of drug-likeness (QED) is 0.780. The maximum atomic E-state index is 12.4. The third-order valence-corrected chi connectivity index (χ3v) is 6.03. The first-order chi connectivity index (χ1) is 12.5. The summed E-state index contributed by atoms with van der Waals surface area (Å²) < 4.78 is 1.23. The van der Waals surface area contributed by atoms with E-state index in [0.717, 1.165) is 18.4 Å². The number of nitrogens with zero attached hydrogens (tertiary/aromatic N) is 2. The Balaban J connectivity index is 1.49. The van der Waals surface area contributed by atoms with E-state index in [1.165, 1.54) is 10.1 Å². The van der Waals surface area contributed by atoms with Gasteiger partial charge in [0.15, 0.2) is 0 Å². The lowest BCUT2D eigenvalue weighted by Crippen LogP contribution is -2.56. The first kappa shape index (κ1) is 18.7. The zero-order valence-electron chi connectivity index (χ0n) is 15.1. The highest BCUT2D eigenvalue weighted by molar-refractivity contribution is 7.17. The number of hydrogen-bond acceptors (Lipinski definition) is 4. The minimum absolute atomic E-state index is 0.0625. The number of benzene rings is 1. The van der Waals surface area contributed by atoms with Gasteiger partial charge in [0.25, 0.3) is 0 Å². The number of aliphatic carboxylic acids is 1. The molecule has 140 valence electrons. The molecule has 2 amide bonds. The molecule has 1 aliphatic carbocycles. The first-order valence-corrected chi connectivity index (χ1v) is 9.78. The van der Waals surface area contributed by atoms with Crippen molar-refractivity contribution >= 4 is 33.4 Å². The van der Waals surface area contributed by atoms with Gasteiger partial charge < -0.3 is 15.3 Å². The fourth-order valence-corrected chi connectivity index (χ4v) is 4.40. The third kappa shape index (κ3) is 4.16. The second-order valence-corrected chi connectivity index (χ2v) is 7.75. The Morgan fingerprint density at radius 3 is 2.73 bits per heavy atom. The number of hydrogen-bond donors (Lipinski definition) is 2. The molecule has 6 nitrogen and oxygen atoms in total. The van der Waals surface area contributed by atoms with Crippen LogP contribution in [0.1, 0.15) is 25.3 Å².